The summed E-state index contributed by atoms with van der Waals surface area (Å²) < 4.78 is 4.62. The quantitative estimate of drug-likeness (QED) is 0.483. The first-order valence-corrected chi connectivity index (χ1v) is 5.51. The Morgan fingerprint density at radius 2 is 2.07 bits per heavy atom. The number of carbonyl (C=O) groups excluding carboxylic acids is 1. The third-order valence-corrected chi connectivity index (χ3v) is 2.48. The zero-order valence-electron chi connectivity index (χ0n) is 9.42. The van der Waals surface area contributed by atoms with Crippen LogP contribution in [0.15, 0.2) is 0 Å². The molecule has 0 aromatic rings. The molecule has 0 aromatic heterocycles. The molecule has 0 heterocycles. The van der Waals surface area contributed by atoms with Crippen molar-refractivity contribution in [2.24, 2.45) is 11.7 Å². The molecule has 0 spiro atoms. The van der Waals surface area contributed by atoms with Crippen molar-refractivity contribution in [3.05, 3.63) is 0 Å². The average Bonchev–Trinajstić information content (AvgIpc) is 2.22. The van der Waals surface area contributed by atoms with Gasteiger partial charge in [-0.1, -0.05) is 32.6 Å². The molecule has 0 aromatic carbocycles. The van der Waals surface area contributed by atoms with Gasteiger partial charge in [-0.2, -0.15) is 0 Å². The predicted octanol–water partition coefficient (Wildman–Crippen LogP) is 2.09. The van der Waals surface area contributed by atoms with Gasteiger partial charge in [0, 0.05) is 6.42 Å². The van der Waals surface area contributed by atoms with E-state index in [2.05, 4.69) is 11.7 Å². The van der Waals surface area contributed by atoms with Crippen molar-refractivity contribution in [1.29, 1.82) is 0 Å². The summed E-state index contributed by atoms with van der Waals surface area (Å²) in [6, 6.07) is 0. The molecule has 0 rings (SSSR count). The van der Waals surface area contributed by atoms with Crippen LogP contribution in [-0.4, -0.2) is 19.6 Å². The number of hydrogen-bond acceptors (Lipinski definition) is 3. The first-order valence-electron chi connectivity index (χ1n) is 5.51. The van der Waals surface area contributed by atoms with E-state index in [9.17, 15) is 4.79 Å². The molecule has 14 heavy (non-hydrogen) atoms. The van der Waals surface area contributed by atoms with Gasteiger partial charge >= 0.3 is 5.97 Å². The lowest BCUT2D eigenvalue weighted by molar-refractivity contribution is -0.141. The standard InChI is InChI=1S/C11H23NO2/c1-3-4-5-6-7-10(9-12)8-11(13)14-2/h10H,3-9,12H2,1-2H3. The number of nitrogens with two attached hydrogens (primary N) is 1. The summed E-state index contributed by atoms with van der Waals surface area (Å²) in [7, 11) is 1.42. The highest BCUT2D eigenvalue weighted by atomic mass is 16.5. The van der Waals surface area contributed by atoms with Gasteiger partial charge in [-0.05, 0) is 18.9 Å². The van der Waals surface area contributed by atoms with E-state index in [1.54, 1.807) is 0 Å². The first kappa shape index (κ1) is 13.4. The van der Waals surface area contributed by atoms with Crippen LogP contribution < -0.4 is 5.73 Å². The zero-order valence-corrected chi connectivity index (χ0v) is 9.42. The van der Waals surface area contributed by atoms with Gasteiger partial charge in [0.2, 0.25) is 0 Å². The van der Waals surface area contributed by atoms with Crippen molar-refractivity contribution < 1.29 is 9.53 Å². The zero-order chi connectivity index (χ0) is 10.8. The molecule has 0 aliphatic carbocycles. The molecule has 0 amide bonds. The monoisotopic (exact) mass is 201 g/mol. The van der Waals surface area contributed by atoms with Crippen LogP contribution in [0.3, 0.4) is 0 Å². The van der Waals surface area contributed by atoms with E-state index < -0.39 is 0 Å². The Kier molecular flexibility index (Phi) is 8.64. The fraction of sp³-hybridized carbons (Fsp3) is 0.909. The number of ether oxygens (including phenoxy) is 1. The highest BCUT2D eigenvalue weighted by molar-refractivity contribution is 5.69. The lowest BCUT2D eigenvalue weighted by Gasteiger charge is -2.12. The van der Waals surface area contributed by atoms with E-state index >= 15 is 0 Å². The Hall–Kier alpha value is -0.570. The van der Waals surface area contributed by atoms with Gasteiger partial charge < -0.3 is 10.5 Å². The van der Waals surface area contributed by atoms with Crippen molar-refractivity contribution in [2.45, 2.75) is 45.4 Å². The van der Waals surface area contributed by atoms with Crippen LogP contribution in [0.2, 0.25) is 0 Å². The Bertz CT molecular complexity index is 148. The second-order valence-corrected chi connectivity index (χ2v) is 3.73. The average molecular weight is 201 g/mol. The predicted molar refractivity (Wildman–Crippen MR) is 57.9 cm³/mol. The lowest BCUT2D eigenvalue weighted by Crippen LogP contribution is -2.18. The molecular weight excluding hydrogens is 178 g/mol. The molecule has 2 N–H and O–H groups in total. The van der Waals surface area contributed by atoms with E-state index in [4.69, 9.17) is 5.73 Å². The van der Waals surface area contributed by atoms with Gasteiger partial charge in [0.25, 0.3) is 0 Å². The normalized spacial score (nSPS) is 12.5. The van der Waals surface area contributed by atoms with Gasteiger partial charge in [0.05, 0.1) is 7.11 Å². The van der Waals surface area contributed by atoms with E-state index in [0.29, 0.717) is 18.9 Å². The Morgan fingerprint density at radius 1 is 1.36 bits per heavy atom. The minimum Gasteiger partial charge on any atom is -0.469 e. The van der Waals surface area contributed by atoms with Crippen molar-refractivity contribution in [3.63, 3.8) is 0 Å². The number of esters is 1. The molecule has 0 fully saturated rings. The van der Waals surface area contributed by atoms with Crippen molar-refractivity contribution in [1.82, 2.24) is 0 Å². The Balaban J connectivity index is 3.52. The van der Waals surface area contributed by atoms with Crippen LogP contribution in [0.25, 0.3) is 0 Å². The van der Waals surface area contributed by atoms with E-state index in [1.165, 1.54) is 32.8 Å². The number of unbranched alkanes of at least 4 members (excludes halogenated alkanes) is 3. The lowest BCUT2D eigenvalue weighted by atomic mass is 9.98. The highest BCUT2D eigenvalue weighted by Crippen LogP contribution is 2.13. The van der Waals surface area contributed by atoms with E-state index in [-0.39, 0.29) is 5.97 Å². The molecule has 3 heteroatoms. The molecule has 0 radical (unpaired) electrons. The minimum absolute atomic E-state index is 0.143. The van der Waals surface area contributed by atoms with Gasteiger partial charge in [0.1, 0.15) is 0 Å². The molecule has 3 nitrogen and oxygen atoms in total. The van der Waals surface area contributed by atoms with Gasteiger partial charge in [-0.15, -0.1) is 0 Å². The molecule has 0 saturated heterocycles. The fourth-order valence-corrected chi connectivity index (χ4v) is 1.48. The molecule has 0 aliphatic rings. The van der Waals surface area contributed by atoms with E-state index in [0.717, 1.165) is 6.42 Å². The van der Waals surface area contributed by atoms with Gasteiger partial charge in [-0.3, -0.25) is 4.79 Å². The number of rotatable bonds is 8. The van der Waals surface area contributed by atoms with Crippen LogP contribution in [-0.2, 0) is 9.53 Å². The summed E-state index contributed by atoms with van der Waals surface area (Å²) in [6.45, 7) is 2.77. The number of methoxy groups -OCH3 is 1. The van der Waals surface area contributed by atoms with Crippen LogP contribution in [0.5, 0.6) is 0 Å². The third kappa shape index (κ3) is 6.89. The maximum atomic E-state index is 11.0. The number of hydrogen-bond donors (Lipinski definition) is 1. The minimum atomic E-state index is -0.143. The topological polar surface area (TPSA) is 52.3 Å². The summed E-state index contributed by atoms with van der Waals surface area (Å²) in [5.41, 5.74) is 5.58. The largest absolute Gasteiger partial charge is 0.469 e. The van der Waals surface area contributed by atoms with Crippen molar-refractivity contribution in [3.8, 4) is 0 Å². The summed E-state index contributed by atoms with van der Waals surface area (Å²) >= 11 is 0. The smallest absolute Gasteiger partial charge is 0.305 e. The maximum Gasteiger partial charge on any atom is 0.305 e. The SMILES string of the molecule is CCCCCCC(CN)CC(=O)OC. The molecule has 1 unspecified atom stereocenters. The van der Waals surface area contributed by atoms with Crippen LogP contribution in [0, 0.1) is 5.92 Å². The summed E-state index contributed by atoms with van der Waals surface area (Å²) in [5.74, 6) is 0.162. The molecule has 0 aliphatic heterocycles. The third-order valence-electron chi connectivity index (χ3n) is 2.48. The number of carbonyl (C=O) groups is 1. The van der Waals surface area contributed by atoms with Crippen LogP contribution >= 0.6 is 0 Å². The Morgan fingerprint density at radius 3 is 2.57 bits per heavy atom. The molecule has 84 valence electrons. The van der Waals surface area contributed by atoms with Gasteiger partial charge in [-0.25, -0.2) is 0 Å². The highest BCUT2D eigenvalue weighted by Gasteiger charge is 2.11. The molecular formula is C11H23NO2. The molecule has 0 bridgehead atoms. The maximum absolute atomic E-state index is 11.0. The summed E-state index contributed by atoms with van der Waals surface area (Å²) in [5, 5.41) is 0. The van der Waals surface area contributed by atoms with E-state index in [1.807, 2.05) is 0 Å². The summed E-state index contributed by atoms with van der Waals surface area (Å²) in [4.78, 5) is 11.0. The van der Waals surface area contributed by atoms with Crippen molar-refractivity contribution in [2.75, 3.05) is 13.7 Å². The van der Waals surface area contributed by atoms with Gasteiger partial charge in [0.15, 0.2) is 0 Å². The fourth-order valence-electron chi connectivity index (χ4n) is 1.48. The van der Waals surface area contributed by atoms with Crippen LogP contribution in [0.4, 0.5) is 0 Å². The Labute approximate surface area is 87.0 Å². The molecule has 0 saturated carbocycles. The molecule has 1 atom stereocenters. The second kappa shape index (κ2) is 9.00. The second-order valence-electron chi connectivity index (χ2n) is 3.73. The van der Waals surface area contributed by atoms with Crippen molar-refractivity contribution >= 4 is 5.97 Å². The first-order chi connectivity index (χ1) is 6.74. The summed E-state index contributed by atoms with van der Waals surface area (Å²) in [6.07, 6.45) is 6.45. The van der Waals surface area contributed by atoms with Crippen LogP contribution in [0.1, 0.15) is 45.4 Å².